The SMILES string of the molecule is CCC1CCCC2(C1)NCCc1occc12. The van der Waals surface area contributed by atoms with Gasteiger partial charge in [-0.3, -0.25) is 0 Å². The Morgan fingerprint density at radius 2 is 2.50 bits per heavy atom. The Morgan fingerprint density at radius 3 is 3.38 bits per heavy atom. The second kappa shape index (κ2) is 3.92. The van der Waals surface area contributed by atoms with Crippen LogP contribution in [0, 0.1) is 5.92 Å². The monoisotopic (exact) mass is 219 g/mol. The summed E-state index contributed by atoms with van der Waals surface area (Å²) < 4.78 is 5.61. The fourth-order valence-corrected chi connectivity index (χ4v) is 3.61. The van der Waals surface area contributed by atoms with Crippen molar-refractivity contribution < 1.29 is 4.42 Å². The molecule has 2 unspecified atom stereocenters. The number of nitrogens with one attached hydrogen (secondary N) is 1. The zero-order valence-corrected chi connectivity index (χ0v) is 10.1. The van der Waals surface area contributed by atoms with Crippen LogP contribution in [0.5, 0.6) is 0 Å². The summed E-state index contributed by atoms with van der Waals surface area (Å²) in [5.41, 5.74) is 1.70. The average Bonchev–Trinajstić information content (AvgIpc) is 2.79. The molecule has 0 saturated heterocycles. The Hall–Kier alpha value is -0.760. The predicted molar refractivity (Wildman–Crippen MR) is 64.3 cm³/mol. The molecule has 2 heterocycles. The lowest BCUT2D eigenvalue weighted by Crippen LogP contribution is -2.49. The van der Waals surface area contributed by atoms with Crippen LogP contribution in [0.3, 0.4) is 0 Å². The number of furan rings is 1. The highest BCUT2D eigenvalue weighted by atomic mass is 16.3. The number of hydrogen-bond acceptors (Lipinski definition) is 2. The predicted octanol–water partition coefficient (Wildman–Crippen LogP) is 3.22. The van der Waals surface area contributed by atoms with Gasteiger partial charge in [0.2, 0.25) is 0 Å². The molecule has 88 valence electrons. The summed E-state index contributed by atoms with van der Waals surface area (Å²) in [5.74, 6) is 2.12. The molecule has 1 aliphatic heterocycles. The van der Waals surface area contributed by atoms with E-state index in [1.807, 2.05) is 6.26 Å². The second-order valence-electron chi connectivity index (χ2n) is 5.39. The molecule has 1 fully saturated rings. The first-order valence-electron chi connectivity index (χ1n) is 6.66. The van der Waals surface area contributed by atoms with Gasteiger partial charge in [0.1, 0.15) is 5.76 Å². The van der Waals surface area contributed by atoms with E-state index in [1.165, 1.54) is 43.4 Å². The minimum atomic E-state index is 0.250. The molecular formula is C14H21NO. The first kappa shape index (κ1) is 10.4. The highest BCUT2D eigenvalue weighted by molar-refractivity contribution is 5.30. The highest BCUT2D eigenvalue weighted by Gasteiger charge is 2.41. The standard InChI is InChI=1S/C14H21NO/c1-2-11-4-3-7-14(10-11)12-6-9-16-13(12)5-8-15-14/h6,9,11,15H,2-5,7-8,10H2,1H3. The maximum Gasteiger partial charge on any atom is 0.110 e. The van der Waals surface area contributed by atoms with Crippen molar-refractivity contribution in [3.05, 3.63) is 23.7 Å². The fourth-order valence-electron chi connectivity index (χ4n) is 3.61. The van der Waals surface area contributed by atoms with E-state index in [4.69, 9.17) is 4.42 Å². The Kier molecular flexibility index (Phi) is 2.55. The van der Waals surface area contributed by atoms with Gasteiger partial charge in [0.05, 0.1) is 6.26 Å². The van der Waals surface area contributed by atoms with Crippen LogP contribution in [0.1, 0.15) is 50.4 Å². The Balaban J connectivity index is 1.94. The van der Waals surface area contributed by atoms with Gasteiger partial charge in [-0.1, -0.05) is 26.2 Å². The maximum atomic E-state index is 5.61. The third-order valence-electron chi connectivity index (χ3n) is 4.51. The van der Waals surface area contributed by atoms with Crippen LogP contribution in [0.2, 0.25) is 0 Å². The summed E-state index contributed by atoms with van der Waals surface area (Å²) in [5, 5.41) is 3.78. The molecule has 3 rings (SSSR count). The molecule has 0 radical (unpaired) electrons. The van der Waals surface area contributed by atoms with E-state index in [0.717, 1.165) is 18.9 Å². The van der Waals surface area contributed by atoms with E-state index in [2.05, 4.69) is 18.3 Å². The van der Waals surface area contributed by atoms with E-state index in [1.54, 1.807) is 0 Å². The van der Waals surface area contributed by atoms with Crippen LogP contribution in [-0.4, -0.2) is 6.54 Å². The molecule has 2 aliphatic rings. The maximum absolute atomic E-state index is 5.61. The zero-order valence-electron chi connectivity index (χ0n) is 10.1. The average molecular weight is 219 g/mol. The molecule has 0 amide bonds. The van der Waals surface area contributed by atoms with Crippen molar-refractivity contribution in [2.45, 2.75) is 51.0 Å². The summed E-state index contributed by atoms with van der Waals surface area (Å²) in [4.78, 5) is 0. The Labute approximate surface area is 97.4 Å². The first-order chi connectivity index (χ1) is 7.84. The van der Waals surface area contributed by atoms with Gasteiger partial charge in [0, 0.05) is 24.1 Å². The molecule has 1 aromatic rings. The van der Waals surface area contributed by atoms with Crippen molar-refractivity contribution in [2.24, 2.45) is 5.92 Å². The Morgan fingerprint density at radius 1 is 1.56 bits per heavy atom. The zero-order chi connectivity index (χ0) is 11.0. The van der Waals surface area contributed by atoms with Gasteiger partial charge in [-0.25, -0.2) is 0 Å². The molecule has 2 atom stereocenters. The van der Waals surface area contributed by atoms with Gasteiger partial charge < -0.3 is 9.73 Å². The van der Waals surface area contributed by atoms with Crippen molar-refractivity contribution in [3.63, 3.8) is 0 Å². The van der Waals surface area contributed by atoms with Crippen LogP contribution in [0.25, 0.3) is 0 Å². The van der Waals surface area contributed by atoms with Crippen LogP contribution in [-0.2, 0) is 12.0 Å². The van der Waals surface area contributed by atoms with Gasteiger partial charge in [-0.05, 0) is 24.8 Å². The molecular weight excluding hydrogens is 198 g/mol. The molecule has 16 heavy (non-hydrogen) atoms. The summed E-state index contributed by atoms with van der Waals surface area (Å²) in [6.07, 6.45) is 9.60. The van der Waals surface area contributed by atoms with E-state index >= 15 is 0 Å². The van der Waals surface area contributed by atoms with E-state index in [9.17, 15) is 0 Å². The van der Waals surface area contributed by atoms with Crippen LogP contribution < -0.4 is 5.32 Å². The number of fused-ring (bicyclic) bond motifs is 2. The van der Waals surface area contributed by atoms with Crippen LogP contribution >= 0.6 is 0 Å². The third kappa shape index (κ3) is 1.51. The quantitative estimate of drug-likeness (QED) is 0.784. The summed E-state index contributed by atoms with van der Waals surface area (Å²) in [6.45, 7) is 3.40. The molecule has 1 spiro atoms. The minimum absolute atomic E-state index is 0.250. The van der Waals surface area contributed by atoms with E-state index in [-0.39, 0.29) is 5.54 Å². The minimum Gasteiger partial charge on any atom is -0.469 e. The smallest absolute Gasteiger partial charge is 0.110 e. The van der Waals surface area contributed by atoms with Gasteiger partial charge in [0.15, 0.2) is 0 Å². The summed E-state index contributed by atoms with van der Waals surface area (Å²) in [6, 6.07) is 2.19. The normalized spacial score (nSPS) is 33.9. The molecule has 2 nitrogen and oxygen atoms in total. The highest BCUT2D eigenvalue weighted by Crippen LogP contribution is 2.44. The topological polar surface area (TPSA) is 25.2 Å². The lowest BCUT2D eigenvalue weighted by atomic mass is 9.70. The van der Waals surface area contributed by atoms with Gasteiger partial charge in [-0.15, -0.1) is 0 Å². The largest absolute Gasteiger partial charge is 0.469 e. The molecule has 0 aromatic carbocycles. The molecule has 2 heteroatoms. The summed E-state index contributed by atoms with van der Waals surface area (Å²) >= 11 is 0. The third-order valence-corrected chi connectivity index (χ3v) is 4.51. The molecule has 1 saturated carbocycles. The van der Waals surface area contributed by atoms with Gasteiger partial charge >= 0.3 is 0 Å². The summed E-state index contributed by atoms with van der Waals surface area (Å²) in [7, 11) is 0. The molecule has 1 aromatic heterocycles. The second-order valence-corrected chi connectivity index (χ2v) is 5.39. The molecule has 0 bridgehead atoms. The number of rotatable bonds is 1. The van der Waals surface area contributed by atoms with Crippen molar-refractivity contribution in [1.29, 1.82) is 0 Å². The van der Waals surface area contributed by atoms with Crippen molar-refractivity contribution in [2.75, 3.05) is 6.54 Å². The van der Waals surface area contributed by atoms with Gasteiger partial charge in [-0.2, -0.15) is 0 Å². The van der Waals surface area contributed by atoms with Crippen LogP contribution in [0.4, 0.5) is 0 Å². The van der Waals surface area contributed by atoms with E-state index < -0.39 is 0 Å². The number of hydrogen-bond donors (Lipinski definition) is 1. The van der Waals surface area contributed by atoms with Gasteiger partial charge in [0.25, 0.3) is 0 Å². The molecule has 1 N–H and O–H groups in total. The van der Waals surface area contributed by atoms with E-state index in [0.29, 0.717) is 0 Å². The lowest BCUT2D eigenvalue weighted by molar-refractivity contribution is 0.163. The lowest BCUT2D eigenvalue weighted by Gasteiger charge is -2.44. The van der Waals surface area contributed by atoms with Crippen molar-refractivity contribution in [3.8, 4) is 0 Å². The van der Waals surface area contributed by atoms with Crippen LogP contribution in [0.15, 0.2) is 16.7 Å². The molecule has 1 aliphatic carbocycles. The Bertz CT molecular complexity index is 371. The van der Waals surface area contributed by atoms with Crippen molar-refractivity contribution in [1.82, 2.24) is 5.32 Å². The fraction of sp³-hybridized carbons (Fsp3) is 0.714. The van der Waals surface area contributed by atoms with Crippen molar-refractivity contribution >= 4 is 0 Å². The first-order valence-corrected chi connectivity index (χ1v) is 6.66.